The molecule has 2 atom stereocenters. The topological polar surface area (TPSA) is 29.5 Å². The third kappa shape index (κ3) is 1.30. The van der Waals surface area contributed by atoms with Gasteiger partial charge in [-0.1, -0.05) is 6.42 Å². The van der Waals surface area contributed by atoms with Crippen molar-refractivity contribution in [3.63, 3.8) is 0 Å². The maximum absolute atomic E-state index is 9.14. The van der Waals surface area contributed by atoms with Gasteiger partial charge >= 0.3 is 0 Å². The fraction of sp³-hybridized carbons (Fsp3) is 1.00. The zero-order chi connectivity index (χ0) is 7.68. The first-order valence-electron chi connectivity index (χ1n) is 4.60. The second-order valence-electron chi connectivity index (χ2n) is 3.83. The SMILES string of the molecule is OCC1C2CCCC1COC2. The van der Waals surface area contributed by atoms with Gasteiger partial charge < -0.3 is 9.84 Å². The molecule has 2 bridgehead atoms. The van der Waals surface area contributed by atoms with Gasteiger partial charge in [-0.15, -0.1) is 0 Å². The summed E-state index contributed by atoms with van der Waals surface area (Å²) in [6.45, 7) is 2.15. The lowest BCUT2D eigenvalue weighted by Crippen LogP contribution is -2.40. The molecule has 0 aromatic heterocycles. The van der Waals surface area contributed by atoms with Gasteiger partial charge in [-0.2, -0.15) is 0 Å². The predicted octanol–water partition coefficient (Wildman–Crippen LogP) is 1.04. The van der Waals surface area contributed by atoms with Crippen LogP contribution in [-0.4, -0.2) is 24.9 Å². The monoisotopic (exact) mass is 156 g/mol. The van der Waals surface area contributed by atoms with Crippen molar-refractivity contribution in [2.75, 3.05) is 19.8 Å². The molecular weight excluding hydrogens is 140 g/mol. The van der Waals surface area contributed by atoms with Gasteiger partial charge in [0.05, 0.1) is 0 Å². The maximum Gasteiger partial charge on any atom is 0.0498 e. The van der Waals surface area contributed by atoms with E-state index in [9.17, 15) is 0 Å². The summed E-state index contributed by atoms with van der Waals surface area (Å²) in [6, 6.07) is 0. The van der Waals surface area contributed by atoms with Crippen LogP contribution in [0.1, 0.15) is 19.3 Å². The van der Waals surface area contributed by atoms with Crippen LogP contribution in [0, 0.1) is 17.8 Å². The highest BCUT2D eigenvalue weighted by Gasteiger charge is 2.36. The fourth-order valence-electron chi connectivity index (χ4n) is 2.54. The second-order valence-corrected chi connectivity index (χ2v) is 3.83. The highest BCUT2D eigenvalue weighted by atomic mass is 16.5. The average molecular weight is 156 g/mol. The molecule has 0 amide bonds. The van der Waals surface area contributed by atoms with E-state index >= 15 is 0 Å². The van der Waals surface area contributed by atoms with Gasteiger partial charge in [-0.05, 0) is 30.6 Å². The van der Waals surface area contributed by atoms with Crippen LogP contribution >= 0.6 is 0 Å². The molecule has 0 aromatic rings. The number of aliphatic hydroxyl groups excluding tert-OH is 1. The Labute approximate surface area is 67.6 Å². The lowest BCUT2D eigenvalue weighted by molar-refractivity contribution is -0.0720. The number of hydrogen-bond acceptors (Lipinski definition) is 2. The van der Waals surface area contributed by atoms with E-state index in [4.69, 9.17) is 9.84 Å². The molecule has 2 fully saturated rings. The summed E-state index contributed by atoms with van der Waals surface area (Å²) in [5.41, 5.74) is 0. The standard InChI is InChI=1S/C9H16O2/c10-4-9-7-2-1-3-8(9)6-11-5-7/h7-10H,1-6H2. The third-order valence-electron chi connectivity index (χ3n) is 3.24. The smallest absolute Gasteiger partial charge is 0.0498 e. The van der Waals surface area contributed by atoms with Crippen LogP contribution in [0.15, 0.2) is 0 Å². The Morgan fingerprint density at radius 1 is 1.18 bits per heavy atom. The average Bonchev–Trinajstić information content (AvgIpc) is 2.03. The molecule has 0 aromatic carbocycles. The molecule has 0 spiro atoms. The molecule has 11 heavy (non-hydrogen) atoms. The van der Waals surface area contributed by atoms with Crippen LogP contribution in [0.2, 0.25) is 0 Å². The number of ether oxygens (including phenoxy) is 1. The van der Waals surface area contributed by atoms with E-state index in [0.717, 1.165) is 13.2 Å². The van der Waals surface area contributed by atoms with Crippen molar-refractivity contribution in [2.24, 2.45) is 17.8 Å². The molecule has 2 heteroatoms. The maximum atomic E-state index is 9.14. The molecule has 2 aliphatic rings. The molecule has 1 heterocycles. The minimum absolute atomic E-state index is 0.374. The van der Waals surface area contributed by atoms with Crippen molar-refractivity contribution < 1.29 is 9.84 Å². The van der Waals surface area contributed by atoms with E-state index < -0.39 is 0 Å². The molecule has 0 radical (unpaired) electrons. The molecule has 1 saturated heterocycles. The normalized spacial score (nSPS) is 43.9. The Kier molecular flexibility index (Phi) is 2.14. The van der Waals surface area contributed by atoms with Gasteiger partial charge in [0.1, 0.15) is 0 Å². The lowest BCUT2D eigenvalue weighted by Gasteiger charge is -2.41. The van der Waals surface area contributed by atoms with Gasteiger partial charge in [0.25, 0.3) is 0 Å². The molecule has 1 saturated carbocycles. The van der Waals surface area contributed by atoms with Crippen LogP contribution < -0.4 is 0 Å². The Bertz CT molecular complexity index is 114. The van der Waals surface area contributed by atoms with Gasteiger partial charge in [-0.25, -0.2) is 0 Å². The van der Waals surface area contributed by atoms with Crippen molar-refractivity contribution in [1.82, 2.24) is 0 Å². The molecule has 2 unspecified atom stereocenters. The summed E-state index contributed by atoms with van der Waals surface area (Å²) >= 11 is 0. The quantitative estimate of drug-likeness (QED) is 0.614. The minimum Gasteiger partial charge on any atom is -0.396 e. The van der Waals surface area contributed by atoms with Gasteiger partial charge in [0.15, 0.2) is 0 Å². The van der Waals surface area contributed by atoms with E-state index in [0.29, 0.717) is 24.4 Å². The first kappa shape index (κ1) is 7.56. The van der Waals surface area contributed by atoms with Crippen molar-refractivity contribution in [3.05, 3.63) is 0 Å². The Balaban J connectivity index is 2.04. The molecule has 64 valence electrons. The van der Waals surface area contributed by atoms with Crippen molar-refractivity contribution in [2.45, 2.75) is 19.3 Å². The summed E-state index contributed by atoms with van der Waals surface area (Å²) < 4.78 is 5.46. The van der Waals surface area contributed by atoms with E-state index in [1.54, 1.807) is 0 Å². The summed E-state index contributed by atoms with van der Waals surface area (Å²) in [4.78, 5) is 0. The van der Waals surface area contributed by atoms with Crippen LogP contribution in [0.4, 0.5) is 0 Å². The lowest BCUT2D eigenvalue weighted by atomic mass is 9.71. The van der Waals surface area contributed by atoms with E-state index in [2.05, 4.69) is 0 Å². The zero-order valence-corrected chi connectivity index (χ0v) is 6.83. The Morgan fingerprint density at radius 3 is 2.27 bits per heavy atom. The number of aliphatic hydroxyl groups is 1. The zero-order valence-electron chi connectivity index (χ0n) is 6.83. The highest BCUT2D eigenvalue weighted by Crippen LogP contribution is 2.38. The first-order chi connectivity index (χ1) is 5.42. The third-order valence-corrected chi connectivity index (χ3v) is 3.24. The number of fused-ring (bicyclic) bond motifs is 2. The number of rotatable bonds is 1. The Hall–Kier alpha value is -0.0800. The van der Waals surface area contributed by atoms with Gasteiger partial charge in [0.2, 0.25) is 0 Å². The molecule has 2 nitrogen and oxygen atoms in total. The van der Waals surface area contributed by atoms with E-state index in [1.807, 2.05) is 0 Å². The van der Waals surface area contributed by atoms with Gasteiger partial charge in [0, 0.05) is 19.8 Å². The van der Waals surface area contributed by atoms with E-state index in [-0.39, 0.29) is 0 Å². The Morgan fingerprint density at radius 2 is 1.82 bits per heavy atom. The van der Waals surface area contributed by atoms with Crippen LogP contribution in [0.3, 0.4) is 0 Å². The summed E-state index contributed by atoms with van der Waals surface area (Å²) in [5.74, 6) is 1.87. The minimum atomic E-state index is 0.374. The summed E-state index contributed by atoms with van der Waals surface area (Å²) in [6.07, 6.45) is 3.87. The molecule has 1 aliphatic carbocycles. The molecule has 2 rings (SSSR count). The van der Waals surface area contributed by atoms with Crippen molar-refractivity contribution in [1.29, 1.82) is 0 Å². The highest BCUT2D eigenvalue weighted by molar-refractivity contribution is 4.84. The van der Waals surface area contributed by atoms with Crippen molar-refractivity contribution >= 4 is 0 Å². The van der Waals surface area contributed by atoms with E-state index in [1.165, 1.54) is 19.3 Å². The molecule has 1 N–H and O–H groups in total. The second kappa shape index (κ2) is 3.11. The van der Waals surface area contributed by atoms with Crippen LogP contribution in [0.25, 0.3) is 0 Å². The fourth-order valence-corrected chi connectivity index (χ4v) is 2.54. The van der Waals surface area contributed by atoms with Crippen molar-refractivity contribution in [3.8, 4) is 0 Å². The largest absolute Gasteiger partial charge is 0.396 e. The molecular formula is C9H16O2. The first-order valence-corrected chi connectivity index (χ1v) is 4.60. The van der Waals surface area contributed by atoms with Crippen LogP contribution in [-0.2, 0) is 4.74 Å². The number of hydrogen-bond donors (Lipinski definition) is 1. The van der Waals surface area contributed by atoms with Crippen LogP contribution in [0.5, 0.6) is 0 Å². The summed E-state index contributed by atoms with van der Waals surface area (Å²) in [7, 11) is 0. The predicted molar refractivity (Wildman–Crippen MR) is 42.2 cm³/mol. The molecule has 1 aliphatic heterocycles. The van der Waals surface area contributed by atoms with Gasteiger partial charge in [-0.3, -0.25) is 0 Å². The summed E-state index contributed by atoms with van der Waals surface area (Å²) in [5, 5.41) is 9.14.